The van der Waals surface area contributed by atoms with Gasteiger partial charge < -0.3 is 9.47 Å². The van der Waals surface area contributed by atoms with Crippen molar-refractivity contribution in [1.82, 2.24) is 19.6 Å². The van der Waals surface area contributed by atoms with Crippen molar-refractivity contribution in [3.63, 3.8) is 0 Å². The highest BCUT2D eigenvalue weighted by Gasteiger charge is 2.29. The second-order valence-electron chi connectivity index (χ2n) is 6.39. The van der Waals surface area contributed by atoms with Crippen LogP contribution in [0.2, 0.25) is 0 Å². The van der Waals surface area contributed by atoms with E-state index in [1.54, 1.807) is 18.2 Å². The molecule has 1 aliphatic rings. The fourth-order valence-corrected chi connectivity index (χ4v) is 3.19. The quantitative estimate of drug-likeness (QED) is 0.654. The van der Waals surface area contributed by atoms with E-state index in [0.717, 1.165) is 16.0 Å². The molecule has 1 saturated heterocycles. The van der Waals surface area contributed by atoms with Gasteiger partial charge in [0.1, 0.15) is 18.5 Å². The van der Waals surface area contributed by atoms with Crippen LogP contribution in [0, 0.1) is 11.3 Å². The lowest BCUT2D eigenvalue weighted by atomic mass is 10.2. The summed E-state index contributed by atoms with van der Waals surface area (Å²) in [6.07, 6.45) is 1.81. The van der Waals surface area contributed by atoms with E-state index in [2.05, 4.69) is 11.1 Å². The molecular formula is C19H15F2N5O. The molecule has 3 aromatic rings. The Kier molecular flexibility index (Phi) is 4.30. The van der Waals surface area contributed by atoms with E-state index >= 15 is 0 Å². The van der Waals surface area contributed by atoms with Gasteiger partial charge in [-0.15, -0.1) is 9.60 Å². The fraction of sp³-hybridized carbons (Fsp3) is 0.211. The molecule has 8 heteroatoms. The summed E-state index contributed by atoms with van der Waals surface area (Å²) in [7, 11) is 0. The minimum absolute atomic E-state index is 0.135. The number of nitrogens with zero attached hydrogens (tertiary/aromatic N) is 5. The van der Waals surface area contributed by atoms with E-state index in [1.165, 1.54) is 6.20 Å². The molecule has 27 heavy (non-hydrogen) atoms. The lowest BCUT2D eigenvalue weighted by Gasteiger charge is -2.32. The molecule has 0 spiro atoms. The molecule has 1 amide bonds. The van der Waals surface area contributed by atoms with Crippen molar-refractivity contribution >= 4 is 16.9 Å². The summed E-state index contributed by atoms with van der Waals surface area (Å²) in [6, 6.07) is 12.6. The number of halogens is 2. The normalized spacial score (nSPS) is 17.8. The molecule has 3 heterocycles. The van der Waals surface area contributed by atoms with Crippen LogP contribution in [0.4, 0.5) is 8.87 Å². The number of benzene rings is 1. The van der Waals surface area contributed by atoms with Gasteiger partial charge in [0, 0.05) is 23.5 Å². The van der Waals surface area contributed by atoms with E-state index in [-0.39, 0.29) is 25.3 Å². The van der Waals surface area contributed by atoms with E-state index in [1.807, 2.05) is 29.0 Å². The van der Waals surface area contributed by atoms with Crippen LogP contribution < -0.4 is 0 Å². The number of hydrogen-bond acceptors (Lipinski definition) is 4. The molecule has 2 aromatic heterocycles. The number of pyridine rings is 1. The molecule has 6 nitrogen and oxygen atoms in total. The van der Waals surface area contributed by atoms with E-state index in [4.69, 9.17) is 5.26 Å². The highest BCUT2D eigenvalue weighted by molar-refractivity contribution is 5.97. The number of fused-ring (bicyclic) bond motifs is 1. The maximum absolute atomic E-state index is 13.5. The number of rotatable bonds is 2. The lowest BCUT2D eigenvalue weighted by molar-refractivity contribution is -0.0743. The molecule has 0 bridgehead atoms. The number of carbonyl (C=O) groups excluding carboxylic acids is 1. The summed E-state index contributed by atoms with van der Waals surface area (Å²) in [6.45, 7) is -0.721. The van der Waals surface area contributed by atoms with Crippen LogP contribution in [0.1, 0.15) is 15.9 Å². The molecule has 0 unspecified atom stereocenters. The van der Waals surface area contributed by atoms with Crippen molar-refractivity contribution in [2.24, 2.45) is 0 Å². The Morgan fingerprint density at radius 1 is 1.22 bits per heavy atom. The highest BCUT2D eigenvalue weighted by Crippen LogP contribution is 2.21. The minimum atomic E-state index is -1.41. The van der Waals surface area contributed by atoms with Gasteiger partial charge in [0.2, 0.25) is 0 Å². The van der Waals surface area contributed by atoms with Gasteiger partial charge in [0.15, 0.2) is 0 Å². The fourth-order valence-electron chi connectivity index (χ4n) is 3.19. The van der Waals surface area contributed by atoms with Crippen LogP contribution in [-0.4, -0.2) is 51.4 Å². The molecule has 136 valence electrons. The molecule has 0 aliphatic carbocycles. The molecular weight excluding hydrogens is 352 g/mol. The average molecular weight is 367 g/mol. The first-order valence-corrected chi connectivity index (χ1v) is 8.37. The predicted molar refractivity (Wildman–Crippen MR) is 94.4 cm³/mol. The van der Waals surface area contributed by atoms with Crippen molar-refractivity contribution in [3.05, 3.63) is 59.9 Å². The molecule has 1 atom stereocenters. The maximum atomic E-state index is 13.5. The first-order chi connectivity index (χ1) is 13.0. The minimum Gasteiger partial charge on any atom is -0.320 e. The monoisotopic (exact) mass is 367 g/mol. The van der Waals surface area contributed by atoms with Crippen molar-refractivity contribution in [2.75, 3.05) is 19.8 Å². The van der Waals surface area contributed by atoms with Crippen molar-refractivity contribution in [3.8, 4) is 11.8 Å². The Balaban J connectivity index is 1.64. The lowest BCUT2D eigenvalue weighted by Crippen LogP contribution is -2.49. The third kappa shape index (κ3) is 3.25. The Labute approximate surface area is 153 Å². The number of alkyl halides is 1. The van der Waals surface area contributed by atoms with Crippen LogP contribution >= 0.6 is 0 Å². The topological polar surface area (TPSA) is 65.2 Å². The van der Waals surface area contributed by atoms with Gasteiger partial charge >= 0.3 is 0 Å². The van der Waals surface area contributed by atoms with Gasteiger partial charge in [-0.2, -0.15) is 5.26 Å². The Morgan fingerprint density at radius 3 is 2.70 bits per heavy atom. The van der Waals surface area contributed by atoms with Crippen LogP contribution in [0.25, 0.3) is 16.7 Å². The third-order valence-corrected chi connectivity index (χ3v) is 4.47. The van der Waals surface area contributed by atoms with Crippen LogP contribution in [0.15, 0.2) is 48.8 Å². The second kappa shape index (κ2) is 6.78. The zero-order valence-electron chi connectivity index (χ0n) is 14.2. The summed E-state index contributed by atoms with van der Waals surface area (Å²) in [4.78, 5) is 18.1. The molecule has 1 fully saturated rings. The Hall–Kier alpha value is -3.31. The zero-order chi connectivity index (χ0) is 19.0. The van der Waals surface area contributed by atoms with E-state index in [9.17, 15) is 13.7 Å². The van der Waals surface area contributed by atoms with Gasteiger partial charge in [0.05, 0.1) is 30.3 Å². The molecule has 1 aromatic carbocycles. The molecule has 0 radical (unpaired) electrons. The number of nitriles is 1. The summed E-state index contributed by atoms with van der Waals surface area (Å²) in [5.74, 6) is -0.458. The molecule has 4 rings (SSSR count). The van der Waals surface area contributed by atoms with Crippen molar-refractivity contribution < 1.29 is 13.7 Å². The molecule has 0 saturated carbocycles. The first kappa shape index (κ1) is 17.1. The van der Waals surface area contributed by atoms with Gasteiger partial charge in [-0.05, 0) is 36.4 Å². The predicted octanol–water partition coefficient (Wildman–Crippen LogP) is 2.84. The molecule has 1 aliphatic heterocycles. The number of amides is 1. The highest BCUT2D eigenvalue weighted by atomic mass is 19.2. The van der Waals surface area contributed by atoms with Crippen molar-refractivity contribution in [2.45, 2.75) is 6.17 Å². The second-order valence-corrected chi connectivity index (χ2v) is 6.39. The first-order valence-electron chi connectivity index (χ1n) is 8.37. The summed E-state index contributed by atoms with van der Waals surface area (Å²) >= 11 is 0. The van der Waals surface area contributed by atoms with Crippen LogP contribution in [-0.2, 0) is 0 Å². The Morgan fingerprint density at radius 2 is 2.00 bits per heavy atom. The van der Waals surface area contributed by atoms with Crippen molar-refractivity contribution in [1.29, 1.82) is 5.26 Å². The largest absolute Gasteiger partial charge is 0.320 e. The van der Waals surface area contributed by atoms with Crippen LogP contribution in [0.5, 0.6) is 0 Å². The average Bonchev–Trinajstić information content (AvgIpc) is 3.10. The van der Waals surface area contributed by atoms with Crippen LogP contribution in [0.3, 0.4) is 0 Å². The van der Waals surface area contributed by atoms with E-state index in [0.29, 0.717) is 16.3 Å². The van der Waals surface area contributed by atoms with Gasteiger partial charge in [-0.1, -0.05) is 0 Å². The summed E-state index contributed by atoms with van der Waals surface area (Å²) in [5, 5.41) is 9.92. The van der Waals surface area contributed by atoms with Gasteiger partial charge in [-0.3, -0.25) is 4.79 Å². The SMILES string of the molecule is N#Cc1ccc(-n2ccc3cc(C(=O)N4C[C@@H](F)CN(F)C4)cnc32)cc1. The summed E-state index contributed by atoms with van der Waals surface area (Å²) in [5.41, 5.74) is 2.32. The zero-order valence-corrected chi connectivity index (χ0v) is 14.2. The van der Waals surface area contributed by atoms with E-state index < -0.39 is 12.1 Å². The summed E-state index contributed by atoms with van der Waals surface area (Å²) < 4.78 is 28.8. The standard InChI is InChI=1S/C19H15F2N5O/c20-16-10-24(12-25(21)11-16)19(27)15-7-14-5-6-26(18(14)23-9-15)17-3-1-13(8-22)2-4-17/h1-7,9,16H,10-12H2/t16-/m1/s1. The third-order valence-electron chi connectivity index (χ3n) is 4.47. The Bertz CT molecular complexity index is 1030. The smallest absolute Gasteiger partial charge is 0.256 e. The number of aromatic nitrogens is 2. The van der Waals surface area contributed by atoms with Gasteiger partial charge in [0.25, 0.3) is 5.91 Å². The molecule has 0 N–H and O–H groups in total. The van der Waals surface area contributed by atoms with Gasteiger partial charge in [-0.25, -0.2) is 9.37 Å². The number of carbonyl (C=O) groups is 1. The maximum Gasteiger partial charge on any atom is 0.256 e. The number of hydrogen-bond donors (Lipinski definition) is 0.